The number of nitrogens with one attached hydrogen (secondary N) is 3. The molecule has 3 N–H and O–H groups in total. The number of amides is 2. The third-order valence-electron chi connectivity index (χ3n) is 6.48. The molecule has 3 aromatic rings. The van der Waals surface area contributed by atoms with Gasteiger partial charge in [0.25, 0.3) is 0 Å². The van der Waals surface area contributed by atoms with E-state index in [1.54, 1.807) is 12.1 Å². The van der Waals surface area contributed by atoms with Gasteiger partial charge in [-0.2, -0.15) is 0 Å². The van der Waals surface area contributed by atoms with Crippen LogP contribution in [0.3, 0.4) is 0 Å². The van der Waals surface area contributed by atoms with Gasteiger partial charge in [0.1, 0.15) is 18.2 Å². The van der Waals surface area contributed by atoms with Crippen LogP contribution in [0.15, 0.2) is 54.7 Å². The molecule has 2 aromatic carbocycles. The lowest BCUT2D eigenvalue weighted by molar-refractivity contribution is -0.148. The number of H-pyrrole nitrogens is 1. The zero-order valence-electron chi connectivity index (χ0n) is 15.5. The molecule has 0 spiro atoms. The summed E-state index contributed by atoms with van der Waals surface area (Å²) < 4.78 is 16.0. The van der Waals surface area contributed by atoms with Crippen LogP contribution in [0.4, 0.5) is 10.1 Å². The van der Waals surface area contributed by atoms with E-state index in [1.165, 1.54) is 4.90 Å². The zero-order chi connectivity index (χ0) is 19.8. The van der Waals surface area contributed by atoms with Gasteiger partial charge in [-0.25, -0.2) is 4.39 Å². The van der Waals surface area contributed by atoms with Crippen molar-refractivity contribution in [2.45, 2.75) is 36.8 Å². The van der Waals surface area contributed by atoms with Crippen molar-refractivity contribution in [3.05, 3.63) is 65.9 Å². The number of carbonyl (C=O) groups excluding carboxylic acids is 2. The monoisotopic (exact) mass is 390 g/mol. The molecule has 29 heavy (non-hydrogen) atoms. The van der Waals surface area contributed by atoms with Crippen molar-refractivity contribution in [2.75, 3.05) is 5.32 Å². The first-order valence-electron chi connectivity index (χ1n) is 9.79. The quantitative estimate of drug-likeness (QED) is 0.629. The minimum absolute atomic E-state index is 0.0287. The van der Waals surface area contributed by atoms with Crippen molar-refractivity contribution in [1.82, 2.24) is 15.2 Å². The molecule has 2 amide bonds. The van der Waals surface area contributed by atoms with E-state index < -0.39 is 23.9 Å². The van der Waals surface area contributed by atoms with Gasteiger partial charge in [0.05, 0.1) is 0 Å². The van der Waals surface area contributed by atoms with E-state index in [2.05, 4.69) is 15.6 Å². The normalized spacial score (nSPS) is 30.0. The standard InChI is InChI=1S/C22H19FN4O2/c23-22-10-18-19(28)25-17(9-12-11-24-15-7-3-1-5-13(12)15)20(29)27(18)21(22)26-16-8-4-2-6-14(16)22/h1-8,11,17-18,21,24,26H,9-10H2,(H,25,28)/t17-,18-,21?,22?/m0/s1. The molecule has 2 unspecified atom stereocenters. The Bertz CT molecular complexity index is 1170. The van der Waals surface area contributed by atoms with Gasteiger partial charge in [-0.05, 0) is 17.7 Å². The minimum Gasteiger partial charge on any atom is -0.362 e. The van der Waals surface area contributed by atoms with Crippen LogP contribution in [0.1, 0.15) is 17.5 Å². The highest BCUT2D eigenvalue weighted by Crippen LogP contribution is 2.52. The number of carbonyl (C=O) groups is 2. The van der Waals surface area contributed by atoms with Gasteiger partial charge < -0.3 is 20.5 Å². The number of fused-ring (bicyclic) bond motifs is 6. The SMILES string of the molecule is O=C1N[C@@H](Cc2c[nH]c3ccccc23)C(=O)N2C3Nc4ccccc4C3(F)C[C@@H]12. The van der Waals surface area contributed by atoms with E-state index in [1.807, 2.05) is 42.6 Å². The number of anilines is 1. The molecule has 2 saturated heterocycles. The molecule has 0 radical (unpaired) electrons. The van der Waals surface area contributed by atoms with E-state index in [0.29, 0.717) is 17.7 Å². The van der Waals surface area contributed by atoms with E-state index in [0.717, 1.165) is 16.5 Å². The van der Waals surface area contributed by atoms with Gasteiger partial charge in [-0.3, -0.25) is 9.59 Å². The maximum absolute atomic E-state index is 16.0. The lowest BCUT2D eigenvalue weighted by Crippen LogP contribution is -2.64. The van der Waals surface area contributed by atoms with Crippen molar-refractivity contribution in [3.8, 4) is 0 Å². The second-order valence-corrected chi connectivity index (χ2v) is 8.05. The number of halogens is 1. The molecule has 146 valence electrons. The summed E-state index contributed by atoms with van der Waals surface area (Å²) in [6.45, 7) is 0. The smallest absolute Gasteiger partial charge is 0.247 e. The fourth-order valence-corrected chi connectivity index (χ4v) is 5.12. The molecule has 2 fully saturated rings. The molecular formula is C22H19FN4O2. The summed E-state index contributed by atoms with van der Waals surface area (Å²) in [7, 11) is 0. The molecule has 0 saturated carbocycles. The fourth-order valence-electron chi connectivity index (χ4n) is 5.12. The molecule has 4 heterocycles. The number of piperazine rings is 1. The number of alkyl halides is 1. The van der Waals surface area contributed by atoms with Crippen molar-refractivity contribution in [3.63, 3.8) is 0 Å². The van der Waals surface area contributed by atoms with Crippen LogP contribution in [-0.4, -0.2) is 39.9 Å². The Morgan fingerprint density at radius 1 is 1.07 bits per heavy atom. The third kappa shape index (κ3) is 2.15. The highest BCUT2D eigenvalue weighted by Gasteiger charge is 2.63. The molecule has 4 atom stereocenters. The number of hydrogen-bond acceptors (Lipinski definition) is 3. The molecule has 3 aliphatic heterocycles. The van der Waals surface area contributed by atoms with Gasteiger partial charge in [0, 0.05) is 41.2 Å². The highest BCUT2D eigenvalue weighted by atomic mass is 19.1. The number of benzene rings is 2. The molecular weight excluding hydrogens is 371 g/mol. The van der Waals surface area contributed by atoms with Crippen LogP contribution in [0, 0.1) is 0 Å². The number of hydrogen-bond donors (Lipinski definition) is 3. The summed E-state index contributed by atoms with van der Waals surface area (Å²) in [6, 6.07) is 13.5. The van der Waals surface area contributed by atoms with E-state index in [4.69, 9.17) is 0 Å². The van der Waals surface area contributed by atoms with Crippen LogP contribution in [0.25, 0.3) is 10.9 Å². The number of nitrogens with zero attached hydrogens (tertiary/aromatic N) is 1. The number of para-hydroxylation sites is 2. The topological polar surface area (TPSA) is 77.2 Å². The first-order valence-corrected chi connectivity index (χ1v) is 9.79. The average molecular weight is 390 g/mol. The summed E-state index contributed by atoms with van der Waals surface area (Å²) in [5, 5.41) is 6.99. The first kappa shape index (κ1) is 16.6. The summed E-state index contributed by atoms with van der Waals surface area (Å²) >= 11 is 0. The van der Waals surface area contributed by atoms with Gasteiger partial charge in [-0.1, -0.05) is 36.4 Å². The van der Waals surface area contributed by atoms with Gasteiger partial charge in [0.2, 0.25) is 11.8 Å². The summed E-state index contributed by atoms with van der Waals surface area (Å²) in [4.78, 5) is 30.8. The Hall–Kier alpha value is -3.35. The Kier molecular flexibility index (Phi) is 3.20. The van der Waals surface area contributed by atoms with E-state index in [-0.39, 0.29) is 18.2 Å². The molecule has 0 bridgehead atoms. The summed E-state index contributed by atoms with van der Waals surface area (Å²) in [5.74, 6) is -0.537. The zero-order valence-corrected chi connectivity index (χ0v) is 15.5. The predicted molar refractivity (Wildman–Crippen MR) is 106 cm³/mol. The molecule has 6 rings (SSSR count). The number of aromatic nitrogens is 1. The Labute approximate surface area is 166 Å². The van der Waals surface area contributed by atoms with Gasteiger partial charge in [0.15, 0.2) is 5.67 Å². The van der Waals surface area contributed by atoms with Crippen molar-refractivity contribution in [2.24, 2.45) is 0 Å². The maximum atomic E-state index is 16.0. The van der Waals surface area contributed by atoms with Crippen LogP contribution >= 0.6 is 0 Å². The fraction of sp³-hybridized carbons (Fsp3) is 0.273. The predicted octanol–water partition coefficient (Wildman–Crippen LogP) is 2.43. The van der Waals surface area contributed by atoms with E-state index in [9.17, 15) is 9.59 Å². The Morgan fingerprint density at radius 2 is 1.86 bits per heavy atom. The van der Waals surface area contributed by atoms with Crippen molar-refractivity contribution < 1.29 is 14.0 Å². The molecule has 0 aliphatic carbocycles. The number of rotatable bonds is 2. The first-order chi connectivity index (χ1) is 14.1. The lowest BCUT2D eigenvalue weighted by Gasteiger charge is -2.37. The molecule has 1 aromatic heterocycles. The van der Waals surface area contributed by atoms with Gasteiger partial charge in [-0.15, -0.1) is 0 Å². The second kappa shape index (κ2) is 5.59. The minimum atomic E-state index is -1.76. The van der Waals surface area contributed by atoms with Crippen LogP contribution in [-0.2, 0) is 21.7 Å². The second-order valence-electron chi connectivity index (χ2n) is 8.05. The average Bonchev–Trinajstić information content (AvgIpc) is 3.35. The third-order valence-corrected chi connectivity index (χ3v) is 6.48. The maximum Gasteiger partial charge on any atom is 0.247 e. The largest absolute Gasteiger partial charge is 0.362 e. The molecule has 7 heteroatoms. The summed E-state index contributed by atoms with van der Waals surface area (Å²) in [5.41, 5.74) is 1.38. The highest BCUT2D eigenvalue weighted by molar-refractivity contribution is 5.99. The van der Waals surface area contributed by atoms with Gasteiger partial charge >= 0.3 is 0 Å². The number of aromatic amines is 1. The van der Waals surface area contributed by atoms with Crippen molar-refractivity contribution >= 4 is 28.4 Å². The molecule has 6 nitrogen and oxygen atoms in total. The Morgan fingerprint density at radius 3 is 2.76 bits per heavy atom. The van der Waals surface area contributed by atoms with Crippen LogP contribution in [0.2, 0.25) is 0 Å². The Balaban J connectivity index is 1.34. The summed E-state index contributed by atoms with van der Waals surface area (Å²) in [6.07, 6.45) is 1.34. The lowest BCUT2D eigenvalue weighted by atomic mass is 9.92. The van der Waals surface area contributed by atoms with Crippen LogP contribution in [0.5, 0.6) is 0 Å². The van der Waals surface area contributed by atoms with Crippen molar-refractivity contribution in [1.29, 1.82) is 0 Å². The van der Waals surface area contributed by atoms with Crippen LogP contribution < -0.4 is 10.6 Å². The van der Waals surface area contributed by atoms with E-state index >= 15 is 4.39 Å². The molecule has 3 aliphatic rings.